The summed E-state index contributed by atoms with van der Waals surface area (Å²) in [5, 5.41) is 11.2. The lowest BCUT2D eigenvalue weighted by Crippen LogP contribution is -2.09. The highest BCUT2D eigenvalue weighted by molar-refractivity contribution is 6.74. The largest absolute Gasteiger partial charge is 0.416 e. The second-order valence-corrected chi connectivity index (χ2v) is 5.63. The average Bonchev–Trinajstić information content (AvgIpc) is 2.88. The fourth-order valence-electron chi connectivity index (χ4n) is 1.91. The lowest BCUT2D eigenvalue weighted by atomic mass is 10.1. The Balaban J connectivity index is 2.75. The highest BCUT2D eigenvalue weighted by atomic mass is 35.5. The van der Waals surface area contributed by atoms with Crippen LogP contribution in [-0.4, -0.2) is 15.0 Å². The predicted molar refractivity (Wildman–Crippen MR) is 83.2 cm³/mol. The van der Waals surface area contributed by atoms with Crippen LogP contribution in [0.25, 0.3) is 11.3 Å². The summed E-state index contributed by atoms with van der Waals surface area (Å²) in [7, 11) is 0. The van der Waals surface area contributed by atoms with Crippen molar-refractivity contribution in [3.8, 4) is 11.8 Å². The first-order valence-electron chi connectivity index (χ1n) is 6.01. The van der Waals surface area contributed by atoms with Crippen molar-refractivity contribution in [2.24, 2.45) is 0 Å². The number of nitrogens with zero attached hydrogens (tertiary/aromatic N) is 3. The van der Waals surface area contributed by atoms with Gasteiger partial charge in [0, 0.05) is 0 Å². The number of benzene rings is 1. The summed E-state index contributed by atoms with van der Waals surface area (Å²) in [5.41, 5.74) is -1.65. The first-order valence-corrected chi connectivity index (χ1v) is 7.15. The highest BCUT2D eigenvalue weighted by Crippen LogP contribution is 2.38. The molecule has 0 saturated heterocycles. The zero-order valence-corrected chi connectivity index (χ0v) is 13.7. The van der Waals surface area contributed by atoms with Crippen molar-refractivity contribution in [1.29, 1.82) is 5.26 Å². The summed E-state index contributed by atoms with van der Waals surface area (Å²) in [6.45, 7) is 3.45. The molecule has 0 N–H and O–H groups in total. The summed E-state index contributed by atoms with van der Waals surface area (Å²) < 4.78 is 39.3. The van der Waals surface area contributed by atoms with Crippen molar-refractivity contribution in [2.75, 3.05) is 0 Å². The Morgan fingerprint density at radius 3 is 2.25 bits per heavy atom. The Morgan fingerprint density at radius 1 is 1.29 bits per heavy atom. The number of halogens is 6. The second kappa shape index (κ2) is 6.48. The molecule has 24 heavy (non-hydrogen) atoms. The van der Waals surface area contributed by atoms with Crippen LogP contribution in [0.2, 0.25) is 10.0 Å². The fraction of sp³-hybridized carbons (Fsp3) is 0.0714. The van der Waals surface area contributed by atoms with Crippen LogP contribution in [0.4, 0.5) is 13.2 Å². The molecule has 0 amide bonds. The summed E-state index contributed by atoms with van der Waals surface area (Å²) >= 11 is 17.2. The van der Waals surface area contributed by atoms with E-state index >= 15 is 0 Å². The lowest BCUT2D eigenvalue weighted by molar-refractivity contribution is -0.137. The van der Waals surface area contributed by atoms with Crippen LogP contribution in [-0.2, 0) is 11.0 Å². The van der Waals surface area contributed by atoms with Crippen molar-refractivity contribution in [3.63, 3.8) is 0 Å². The number of hydrogen-bond acceptors (Lipinski definition) is 3. The topological polar surface area (TPSA) is 58.7 Å². The van der Waals surface area contributed by atoms with Gasteiger partial charge in [0.2, 0.25) is 0 Å². The zero-order valence-electron chi connectivity index (χ0n) is 11.5. The molecular weight excluding hydrogens is 390 g/mol. The molecule has 10 heteroatoms. The monoisotopic (exact) mass is 393 g/mol. The van der Waals surface area contributed by atoms with Crippen molar-refractivity contribution in [2.45, 2.75) is 6.18 Å². The lowest BCUT2D eigenvalue weighted by Gasteiger charge is -2.14. The smallest absolute Gasteiger partial charge is 0.276 e. The molecule has 2 rings (SSSR count). The van der Waals surface area contributed by atoms with E-state index in [1.165, 1.54) is 0 Å². The minimum Gasteiger partial charge on any atom is -0.276 e. The van der Waals surface area contributed by atoms with Gasteiger partial charge in [0.05, 0.1) is 38.6 Å². The number of aromatic nitrogens is 2. The standard InChI is InChI=1S/C14H5Cl3F3N3O/c1-6(13(17)24)11-7(4-21)5-22-23(11)12-9(15)2-8(3-10(12)16)14(18,19)20/h2-3,5H,1H2. The summed E-state index contributed by atoms with van der Waals surface area (Å²) in [5.74, 6) is 0. The van der Waals surface area contributed by atoms with Crippen LogP contribution >= 0.6 is 34.8 Å². The average molecular weight is 395 g/mol. The van der Waals surface area contributed by atoms with Gasteiger partial charge in [-0.3, -0.25) is 4.79 Å². The van der Waals surface area contributed by atoms with E-state index in [4.69, 9.17) is 40.1 Å². The van der Waals surface area contributed by atoms with E-state index in [-0.39, 0.29) is 32.6 Å². The third kappa shape index (κ3) is 3.26. The number of alkyl halides is 3. The molecule has 1 aromatic heterocycles. The minimum atomic E-state index is -4.65. The Morgan fingerprint density at radius 2 is 1.83 bits per heavy atom. The third-order valence-corrected chi connectivity index (χ3v) is 3.77. The van der Waals surface area contributed by atoms with Crippen molar-refractivity contribution in [1.82, 2.24) is 9.78 Å². The van der Waals surface area contributed by atoms with Crippen molar-refractivity contribution < 1.29 is 18.0 Å². The first-order chi connectivity index (χ1) is 11.1. The molecule has 0 aliphatic heterocycles. The maximum absolute atomic E-state index is 12.8. The van der Waals surface area contributed by atoms with Crippen LogP contribution in [0.1, 0.15) is 16.8 Å². The van der Waals surface area contributed by atoms with Crippen LogP contribution in [0.5, 0.6) is 0 Å². The summed E-state index contributed by atoms with van der Waals surface area (Å²) in [4.78, 5) is 11.3. The van der Waals surface area contributed by atoms with E-state index in [0.29, 0.717) is 12.1 Å². The van der Waals surface area contributed by atoms with Crippen molar-refractivity contribution in [3.05, 3.63) is 51.8 Å². The first kappa shape index (κ1) is 18.3. The Hall–Kier alpha value is -2.01. The maximum atomic E-state index is 12.8. The van der Waals surface area contributed by atoms with Gasteiger partial charge in [-0.1, -0.05) is 29.8 Å². The number of carbonyl (C=O) groups is 1. The molecule has 2 aromatic rings. The van der Waals surface area contributed by atoms with Crippen LogP contribution in [0.3, 0.4) is 0 Å². The molecule has 0 bridgehead atoms. The molecule has 4 nitrogen and oxygen atoms in total. The molecule has 0 atom stereocenters. The number of nitriles is 1. The number of carbonyl (C=O) groups excluding carboxylic acids is 1. The fourth-order valence-corrected chi connectivity index (χ4v) is 2.65. The van der Waals surface area contributed by atoms with E-state index in [9.17, 15) is 18.0 Å². The molecule has 0 saturated carbocycles. The van der Waals surface area contributed by atoms with E-state index in [1.54, 1.807) is 6.07 Å². The number of allylic oxidation sites excluding steroid dienone is 1. The Kier molecular flexibility index (Phi) is 4.95. The van der Waals surface area contributed by atoms with Gasteiger partial charge in [-0.25, -0.2) is 4.68 Å². The molecule has 124 valence electrons. The number of rotatable bonds is 3. The van der Waals surface area contributed by atoms with Gasteiger partial charge in [-0.15, -0.1) is 0 Å². The van der Waals surface area contributed by atoms with Crippen molar-refractivity contribution >= 4 is 45.6 Å². The number of hydrogen-bond donors (Lipinski definition) is 0. The van der Waals surface area contributed by atoms with Gasteiger partial charge in [0.1, 0.15) is 11.8 Å². The van der Waals surface area contributed by atoms with E-state index in [0.717, 1.165) is 10.9 Å². The third-order valence-electron chi connectivity index (χ3n) is 2.97. The Labute approximate surface area is 148 Å². The van der Waals surface area contributed by atoms with Gasteiger partial charge in [0.25, 0.3) is 5.24 Å². The molecule has 0 radical (unpaired) electrons. The van der Waals surface area contributed by atoms with Gasteiger partial charge in [0.15, 0.2) is 0 Å². The molecular formula is C14H5Cl3F3N3O. The normalized spacial score (nSPS) is 11.2. The molecule has 0 aliphatic rings. The van der Waals surface area contributed by atoms with Gasteiger partial charge in [-0.05, 0) is 23.7 Å². The Bertz CT molecular complexity index is 874. The molecule has 0 spiro atoms. The quantitative estimate of drug-likeness (QED) is 0.552. The summed E-state index contributed by atoms with van der Waals surface area (Å²) in [6.07, 6.45) is -3.56. The maximum Gasteiger partial charge on any atom is 0.416 e. The molecule has 0 fully saturated rings. The van der Waals surface area contributed by atoms with E-state index in [2.05, 4.69) is 11.7 Å². The van der Waals surface area contributed by atoms with Gasteiger partial charge < -0.3 is 0 Å². The van der Waals surface area contributed by atoms with Crippen LogP contribution < -0.4 is 0 Å². The predicted octanol–water partition coefficient (Wildman–Crippen LogP) is 4.85. The zero-order chi connectivity index (χ0) is 18.2. The second-order valence-electron chi connectivity index (χ2n) is 4.47. The molecule has 1 heterocycles. The molecule has 1 aromatic carbocycles. The molecule has 0 aliphatic carbocycles. The van der Waals surface area contributed by atoms with Crippen LogP contribution in [0, 0.1) is 11.3 Å². The molecule has 0 unspecified atom stereocenters. The highest BCUT2D eigenvalue weighted by Gasteiger charge is 2.33. The SMILES string of the molecule is C=C(C(=O)Cl)c1c(C#N)cnn1-c1c(Cl)cc(C(F)(F)F)cc1Cl. The minimum absolute atomic E-state index is 0.0685. The van der Waals surface area contributed by atoms with Gasteiger partial charge in [-0.2, -0.15) is 23.5 Å². The van der Waals surface area contributed by atoms with Crippen LogP contribution in [0.15, 0.2) is 24.9 Å². The van der Waals surface area contributed by atoms with Gasteiger partial charge >= 0.3 is 6.18 Å². The van der Waals surface area contributed by atoms with E-state index in [1.807, 2.05) is 0 Å². The van der Waals surface area contributed by atoms with E-state index < -0.39 is 17.0 Å². The summed E-state index contributed by atoms with van der Waals surface area (Å²) in [6, 6.07) is 3.09.